The average Bonchev–Trinajstić information content (AvgIpc) is 2.37. The quantitative estimate of drug-likeness (QED) is 0.530. The average molecular weight is 284 g/mol. The second-order valence-corrected chi connectivity index (χ2v) is 6.21. The van der Waals surface area contributed by atoms with Crippen molar-refractivity contribution in [1.82, 2.24) is 0 Å². The molecule has 0 amide bonds. The molecule has 1 rings (SSSR count). The van der Waals surface area contributed by atoms with Crippen LogP contribution in [0.25, 0.3) is 0 Å². The van der Waals surface area contributed by atoms with Crippen LogP contribution in [0.2, 0.25) is 0 Å². The summed E-state index contributed by atoms with van der Waals surface area (Å²) in [4.78, 5) is 12.1. The molecule has 0 bridgehead atoms. The summed E-state index contributed by atoms with van der Waals surface area (Å²) in [5.74, 6) is -0.360. The lowest BCUT2D eigenvalue weighted by Gasteiger charge is -2.25. The van der Waals surface area contributed by atoms with Gasteiger partial charge < -0.3 is 14.2 Å². The summed E-state index contributed by atoms with van der Waals surface area (Å²) in [5.41, 5.74) is -0.455. The van der Waals surface area contributed by atoms with E-state index in [2.05, 4.69) is 6.58 Å². The summed E-state index contributed by atoms with van der Waals surface area (Å²) >= 11 is 0. The zero-order chi connectivity index (χ0) is 15.0. The molecule has 0 unspecified atom stereocenters. The van der Waals surface area contributed by atoms with Gasteiger partial charge in [-0.15, -0.1) is 6.58 Å². The minimum atomic E-state index is -0.455. The molecule has 0 aliphatic carbocycles. The van der Waals surface area contributed by atoms with Gasteiger partial charge in [0.15, 0.2) is 6.29 Å². The molecule has 0 radical (unpaired) electrons. The molecule has 0 N–H and O–H groups in total. The molecule has 0 spiro atoms. The molecule has 1 heterocycles. The summed E-state index contributed by atoms with van der Waals surface area (Å²) in [6, 6.07) is 0. The minimum absolute atomic E-state index is 0.105. The van der Waals surface area contributed by atoms with Crippen molar-refractivity contribution in [2.45, 2.75) is 64.8 Å². The van der Waals surface area contributed by atoms with Crippen molar-refractivity contribution in [2.75, 3.05) is 13.2 Å². The first-order valence-corrected chi connectivity index (χ1v) is 7.49. The molecule has 0 aromatic carbocycles. The van der Waals surface area contributed by atoms with Gasteiger partial charge in [-0.1, -0.05) is 6.08 Å². The van der Waals surface area contributed by atoms with Crippen LogP contribution in [-0.2, 0) is 19.0 Å². The summed E-state index contributed by atoms with van der Waals surface area (Å²) in [6.45, 7) is 10.6. The predicted octanol–water partition coefficient (Wildman–Crippen LogP) is 3.45. The third kappa shape index (κ3) is 7.06. The van der Waals surface area contributed by atoms with E-state index >= 15 is 0 Å². The molecule has 0 aromatic rings. The van der Waals surface area contributed by atoms with Gasteiger partial charge in [-0.25, -0.2) is 0 Å². The molecular weight excluding hydrogens is 256 g/mol. The second-order valence-electron chi connectivity index (χ2n) is 6.21. The summed E-state index contributed by atoms with van der Waals surface area (Å²) in [7, 11) is 0. The normalized spacial score (nSPS) is 21.2. The Morgan fingerprint density at radius 3 is 2.75 bits per heavy atom. The molecule has 0 aromatic heterocycles. The molecular formula is C16H28O4. The van der Waals surface area contributed by atoms with Crippen LogP contribution < -0.4 is 0 Å². The first kappa shape index (κ1) is 17.2. The lowest BCUT2D eigenvalue weighted by Crippen LogP contribution is -2.30. The van der Waals surface area contributed by atoms with Crippen LogP contribution in [0.1, 0.15) is 52.9 Å². The van der Waals surface area contributed by atoms with E-state index in [0.29, 0.717) is 19.4 Å². The predicted molar refractivity (Wildman–Crippen MR) is 78.3 cm³/mol. The van der Waals surface area contributed by atoms with Crippen LogP contribution in [0, 0.1) is 5.92 Å². The van der Waals surface area contributed by atoms with Gasteiger partial charge in [0.2, 0.25) is 0 Å². The highest BCUT2D eigenvalue weighted by Crippen LogP contribution is 2.19. The van der Waals surface area contributed by atoms with Crippen molar-refractivity contribution in [3.8, 4) is 0 Å². The van der Waals surface area contributed by atoms with Crippen LogP contribution in [0.4, 0.5) is 0 Å². The monoisotopic (exact) mass is 284 g/mol. The van der Waals surface area contributed by atoms with E-state index < -0.39 is 5.60 Å². The molecule has 4 heteroatoms. The lowest BCUT2D eigenvalue weighted by atomic mass is 10.0. The zero-order valence-corrected chi connectivity index (χ0v) is 13.0. The first-order valence-electron chi connectivity index (χ1n) is 7.49. The third-order valence-corrected chi connectivity index (χ3v) is 3.10. The Hall–Kier alpha value is -0.870. The summed E-state index contributed by atoms with van der Waals surface area (Å²) in [6.07, 6.45) is 6.10. The van der Waals surface area contributed by atoms with Gasteiger partial charge in [0.05, 0.1) is 12.5 Å². The first-order chi connectivity index (χ1) is 9.42. The van der Waals surface area contributed by atoms with Crippen molar-refractivity contribution >= 4 is 5.97 Å². The largest absolute Gasteiger partial charge is 0.460 e. The number of hydrogen-bond acceptors (Lipinski definition) is 4. The van der Waals surface area contributed by atoms with Gasteiger partial charge in [0.1, 0.15) is 5.60 Å². The van der Waals surface area contributed by atoms with E-state index in [1.807, 2.05) is 20.8 Å². The van der Waals surface area contributed by atoms with Gasteiger partial charge in [0.25, 0.3) is 0 Å². The topological polar surface area (TPSA) is 44.8 Å². The molecule has 1 aliphatic rings. The van der Waals surface area contributed by atoms with Gasteiger partial charge in [-0.05, 0) is 52.9 Å². The number of carbonyl (C=O) groups is 1. The van der Waals surface area contributed by atoms with Crippen LogP contribution in [0.15, 0.2) is 12.7 Å². The Bertz CT molecular complexity index is 300. The summed E-state index contributed by atoms with van der Waals surface area (Å²) < 4.78 is 16.6. The SMILES string of the molecule is C=CC[C@@H](CCO[C@@H]1CCCCO1)C(=O)OC(C)(C)C. The van der Waals surface area contributed by atoms with E-state index in [4.69, 9.17) is 14.2 Å². The van der Waals surface area contributed by atoms with Crippen molar-refractivity contribution in [3.05, 3.63) is 12.7 Å². The Balaban J connectivity index is 2.34. The Labute approximate surface area is 122 Å². The van der Waals surface area contributed by atoms with Gasteiger partial charge >= 0.3 is 5.97 Å². The molecule has 4 nitrogen and oxygen atoms in total. The van der Waals surface area contributed by atoms with Crippen molar-refractivity contribution in [1.29, 1.82) is 0 Å². The van der Waals surface area contributed by atoms with E-state index in [-0.39, 0.29) is 18.2 Å². The number of rotatable bonds is 7. The highest BCUT2D eigenvalue weighted by atomic mass is 16.7. The summed E-state index contributed by atoms with van der Waals surface area (Å²) in [5, 5.41) is 0. The fourth-order valence-electron chi connectivity index (χ4n) is 2.10. The van der Waals surface area contributed by atoms with Crippen LogP contribution in [0.3, 0.4) is 0 Å². The fourth-order valence-corrected chi connectivity index (χ4v) is 2.10. The molecule has 1 aliphatic heterocycles. The fraction of sp³-hybridized carbons (Fsp3) is 0.812. The molecule has 1 saturated heterocycles. The number of allylic oxidation sites excluding steroid dienone is 1. The molecule has 2 atom stereocenters. The van der Waals surface area contributed by atoms with E-state index in [9.17, 15) is 4.79 Å². The highest BCUT2D eigenvalue weighted by molar-refractivity contribution is 5.73. The number of esters is 1. The van der Waals surface area contributed by atoms with Gasteiger partial charge in [-0.3, -0.25) is 4.79 Å². The van der Waals surface area contributed by atoms with Crippen LogP contribution >= 0.6 is 0 Å². The number of hydrogen-bond donors (Lipinski definition) is 0. The smallest absolute Gasteiger partial charge is 0.309 e. The maximum absolute atomic E-state index is 12.1. The van der Waals surface area contributed by atoms with Gasteiger partial charge in [0, 0.05) is 6.61 Å². The Morgan fingerprint density at radius 1 is 1.45 bits per heavy atom. The Kier molecular flexibility index (Phi) is 7.24. The standard InChI is InChI=1S/C16H28O4/c1-5-8-13(15(17)20-16(2,3)4)10-12-19-14-9-6-7-11-18-14/h5,13-14H,1,6-12H2,2-4H3/t13-,14+/m0/s1. The maximum Gasteiger partial charge on any atom is 0.309 e. The van der Waals surface area contributed by atoms with E-state index in [1.165, 1.54) is 0 Å². The molecule has 0 saturated carbocycles. The molecule has 116 valence electrons. The lowest BCUT2D eigenvalue weighted by molar-refractivity contribution is -0.171. The maximum atomic E-state index is 12.1. The minimum Gasteiger partial charge on any atom is -0.460 e. The van der Waals surface area contributed by atoms with Gasteiger partial charge in [-0.2, -0.15) is 0 Å². The third-order valence-electron chi connectivity index (χ3n) is 3.10. The molecule has 20 heavy (non-hydrogen) atoms. The van der Waals surface area contributed by atoms with Crippen molar-refractivity contribution < 1.29 is 19.0 Å². The zero-order valence-electron chi connectivity index (χ0n) is 13.0. The number of carbonyl (C=O) groups excluding carboxylic acids is 1. The van der Waals surface area contributed by atoms with Crippen LogP contribution in [-0.4, -0.2) is 31.1 Å². The van der Waals surface area contributed by atoms with E-state index in [1.54, 1.807) is 6.08 Å². The van der Waals surface area contributed by atoms with Crippen molar-refractivity contribution in [2.24, 2.45) is 5.92 Å². The molecule has 1 fully saturated rings. The Morgan fingerprint density at radius 2 is 2.20 bits per heavy atom. The highest BCUT2D eigenvalue weighted by Gasteiger charge is 2.24. The van der Waals surface area contributed by atoms with Crippen molar-refractivity contribution in [3.63, 3.8) is 0 Å². The van der Waals surface area contributed by atoms with E-state index in [0.717, 1.165) is 25.9 Å². The van der Waals surface area contributed by atoms with Crippen LogP contribution in [0.5, 0.6) is 0 Å². The number of ether oxygens (including phenoxy) is 3. The second kappa shape index (κ2) is 8.42.